The first-order chi connectivity index (χ1) is 13.2. The number of halogens is 2. The summed E-state index contributed by atoms with van der Waals surface area (Å²) in [5, 5.41) is 6.60. The summed E-state index contributed by atoms with van der Waals surface area (Å²) in [7, 11) is 2.13. The summed E-state index contributed by atoms with van der Waals surface area (Å²) in [6.07, 6.45) is 2.77. The van der Waals surface area contributed by atoms with Crippen molar-refractivity contribution in [1.29, 1.82) is 0 Å². The first-order valence-corrected chi connectivity index (χ1v) is 9.69. The third-order valence-electron chi connectivity index (χ3n) is 5.52. The van der Waals surface area contributed by atoms with E-state index in [0.29, 0.717) is 12.1 Å². The number of aromatic nitrogens is 1. The minimum absolute atomic E-state index is 0. The van der Waals surface area contributed by atoms with Crippen LogP contribution < -0.4 is 15.5 Å². The Hall–Kier alpha value is -1.86. The second-order valence-corrected chi connectivity index (χ2v) is 7.36. The largest absolute Gasteiger partial charge is 0.354 e. The van der Waals surface area contributed by atoms with Crippen LogP contribution >= 0.6 is 24.8 Å². The molecule has 2 N–H and O–H groups in total. The summed E-state index contributed by atoms with van der Waals surface area (Å²) in [6.45, 7) is 5.45. The molecule has 0 spiro atoms. The number of hydrogen-bond donors (Lipinski definition) is 2. The summed E-state index contributed by atoms with van der Waals surface area (Å²) < 4.78 is 0. The number of fused-ring (bicyclic) bond motifs is 1. The molecule has 0 saturated carbocycles. The number of rotatable bonds is 4. The van der Waals surface area contributed by atoms with Crippen LogP contribution in [0.15, 0.2) is 42.6 Å². The minimum atomic E-state index is -0.0439. The van der Waals surface area contributed by atoms with E-state index in [1.165, 1.54) is 11.1 Å². The SMILES string of the molecule is CN1CCN(c2cc(C(=O)NCC3NCCc4ccccc43)ccn2)CC1.Cl.Cl. The highest BCUT2D eigenvalue weighted by molar-refractivity contribution is 5.94. The normalized spacial score (nSPS) is 18.8. The number of nitrogens with zero attached hydrogens (tertiary/aromatic N) is 3. The van der Waals surface area contributed by atoms with Crippen molar-refractivity contribution in [2.75, 3.05) is 51.2 Å². The van der Waals surface area contributed by atoms with E-state index in [1.54, 1.807) is 12.3 Å². The van der Waals surface area contributed by atoms with Gasteiger partial charge < -0.3 is 20.4 Å². The van der Waals surface area contributed by atoms with Crippen molar-refractivity contribution in [3.8, 4) is 0 Å². The molecule has 158 valence electrons. The Bertz CT molecular complexity index is 811. The lowest BCUT2D eigenvalue weighted by Gasteiger charge is -2.33. The number of carbonyl (C=O) groups is 1. The van der Waals surface area contributed by atoms with Gasteiger partial charge in [0.15, 0.2) is 0 Å². The van der Waals surface area contributed by atoms with Crippen molar-refractivity contribution in [1.82, 2.24) is 20.5 Å². The molecule has 2 aliphatic heterocycles. The van der Waals surface area contributed by atoms with Gasteiger partial charge >= 0.3 is 0 Å². The fraction of sp³-hybridized carbons (Fsp3) is 0.429. The van der Waals surface area contributed by atoms with E-state index in [1.807, 2.05) is 6.07 Å². The van der Waals surface area contributed by atoms with Crippen LogP contribution in [0.4, 0.5) is 5.82 Å². The van der Waals surface area contributed by atoms with E-state index in [-0.39, 0.29) is 36.8 Å². The molecule has 1 atom stereocenters. The standard InChI is InChI=1S/C21H27N5O.2ClH/c1-25-10-12-26(13-11-25)20-14-17(7-9-23-20)21(27)24-15-19-18-5-3-2-4-16(18)6-8-22-19;;/h2-5,7,9,14,19,22H,6,8,10-13,15H2,1H3,(H,24,27);2*1H. The molecule has 1 saturated heterocycles. The van der Waals surface area contributed by atoms with Crippen molar-refractivity contribution in [2.24, 2.45) is 0 Å². The van der Waals surface area contributed by atoms with Crippen molar-refractivity contribution in [3.63, 3.8) is 0 Å². The monoisotopic (exact) mass is 437 g/mol. The van der Waals surface area contributed by atoms with Crippen LogP contribution in [-0.2, 0) is 6.42 Å². The van der Waals surface area contributed by atoms with Crippen LogP contribution in [0.25, 0.3) is 0 Å². The summed E-state index contributed by atoms with van der Waals surface area (Å²) in [4.78, 5) is 21.7. The molecule has 8 heteroatoms. The maximum atomic E-state index is 12.7. The Balaban J connectivity index is 0.00000150. The molecule has 1 unspecified atom stereocenters. The highest BCUT2D eigenvalue weighted by Crippen LogP contribution is 2.22. The van der Waals surface area contributed by atoms with Gasteiger partial charge in [-0.15, -0.1) is 24.8 Å². The van der Waals surface area contributed by atoms with Crippen LogP contribution in [0.2, 0.25) is 0 Å². The Morgan fingerprint density at radius 2 is 1.93 bits per heavy atom. The first kappa shape index (κ1) is 23.4. The average Bonchev–Trinajstić information content (AvgIpc) is 2.72. The molecule has 0 aliphatic carbocycles. The topological polar surface area (TPSA) is 60.5 Å². The predicted molar refractivity (Wildman–Crippen MR) is 122 cm³/mol. The Labute approximate surface area is 184 Å². The van der Waals surface area contributed by atoms with E-state index in [9.17, 15) is 4.79 Å². The van der Waals surface area contributed by atoms with Crippen LogP contribution in [0, 0.1) is 0 Å². The number of anilines is 1. The van der Waals surface area contributed by atoms with Gasteiger partial charge in [-0.2, -0.15) is 0 Å². The van der Waals surface area contributed by atoms with Gasteiger partial charge in [-0.25, -0.2) is 4.98 Å². The van der Waals surface area contributed by atoms with E-state index in [4.69, 9.17) is 0 Å². The molecule has 4 rings (SSSR count). The molecule has 1 aromatic heterocycles. The van der Waals surface area contributed by atoms with Crippen molar-refractivity contribution in [2.45, 2.75) is 12.5 Å². The van der Waals surface area contributed by atoms with E-state index in [2.05, 4.69) is 56.7 Å². The Kier molecular flexibility index (Phi) is 8.71. The maximum Gasteiger partial charge on any atom is 0.251 e. The van der Waals surface area contributed by atoms with Gasteiger partial charge in [-0.05, 0) is 43.3 Å². The molecule has 29 heavy (non-hydrogen) atoms. The fourth-order valence-corrected chi connectivity index (χ4v) is 3.84. The molecule has 2 aromatic rings. The second kappa shape index (κ2) is 10.8. The summed E-state index contributed by atoms with van der Waals surface area (Å²) in [5.41, 5.74) is 3.33. The number of piperazine rings is 1. The van der Waals surface area contributed by atoms with Crippen molar-refractivity contribution >= 4 is 36.5 Å². The zero-order valence-electron chi connectivity index (χ0n) is 16.6. The van der Waals surface area contributed by atoms with Gasteiger partial charge in [-0.3, -0.25) is 4.79 Å². The van der Waals surface area contributed by atoms with Crippen LogP contribution in [0.3, 0.4) is 0 Å². The molecular weight excluding hydrogens is 409 g/mol. The minimum Gasteiger partial charge on any atom is -0.354 e. The molecule has 3 heterocycles. The summed E-state index contributed by atoms with van der Waals surface area (Å²) >= 11 is 0. The van der Waals surface area contributed by atoms with Crippen molar-refractivity contribution in [3.05, 3.63) is 59.3 Å². The zero-order valence-corrected chi connectivity index (χ0v) is 18.3. The zero-order chi connectivity index (χ0) is 18.6. The number of carbonyl (C=O) groups excluding carboxylic acids is 1. The molecule has 0 radical (unpaired) electrons. The van der Waals surface area contributed by atoms with E-state index >= 15 is 0 Å². The highest BCUT2D eigenvalue weighted by Gasteiger charge is 2.20. The summed E-state index contributed by atoms with van der Waals surface area (Å²) in [6, 6.07) is 12.3. The number of pyridine rings is 1. The lowest BCUT2D eigenvalue weighted by atomic mass is 9.94. The molecule has 1 fully saturated rings. The maximum absolute atomic E-state index is 12.7. The van der Waals surface area contributed by atoms with Gasteiger partial charge in [0.25, 0.3) is 5.91 Å². The number of amides is 1. The van der Waals surface area contributed by atoms with Gasteiger partial charge in [0.1, 0.15) is 5.82 Å². The average molecular weight is 438 g/mol. The molecule has 6 nitrogen and oxygen atoms in total. The van der Waals surface area contributed by atoms with Gasteiger partial charge in [0.2, 0.25) is 0 Å². The molecule has 0 bridgehead atoms. The fourth-order valence-electron chi connectivity index (χ4n) is 3.84. The molecule has 2 aliphatic rings. The Morgan fingerprint density at radius 1 is 1.17 bits per heavy atom. The van der Waals surface area contributed by atoms with Gasteiger partial charge in [-0.1, -0.05) is 24.3 Å². The quantitative estimate of drug-likeness (QED) is 0.767. The lowest BCUT2D eigenvalue weighted by molar-refractivity contribution is 0.0949. The highest BCUT2D eigenvalue weighted by atomic mass is 35.5. The smallest absolute Gasteiger partial charge is 0.251 e. The molecule has 1 aromatic carbocycles. The van der Waals surface area contributed by atoms with Gasteiger partial charge in [0, 0.05) is 50.5 Å². The number of benzene rings is 1. The lowest BCUT2D eigenvalue weighted by Crippen LogP contribution is -2.45. The van der Waals surface area contributed by atoms with Crippen LogP contribution in [0.1, 0.15) is 27.5 Å². The molecule has 1 amide bonds. The Morgan fingerprint density at radius 3 is 2.72 bits per heavy atom. The third-order valence-corrected chi connectivity index (χ3v) is 5.52. The first-order valence-electron chi connectivity index (χ1n) is 9.69. The molecular formula is C21H29Cl2N5O. The van der Waals surface area contributed by atoms with Crippen LogP contribution in [0.5, 0.6) is 0 Å². The van der Waals surface area contributed by atoms with Crippen LogP contribution in [-0.4, -0.2) is 62.1 Å². The summed E-state index contributed by atoms with van der Waals surface area (Å²) in [5.74, 6) is 0.842. The third kappa shape index (κ3) is 5.60. The predicted octanol–water partition coefficient (Wildman–Crippen LogP) is 2.29. The number of likely N-dealkylation sites (N-methyl/N-ethyl adjacent to an activating group) is 1. The van der Waals surface area contributed by atoms with E-state index in [0.717, 1.165) is 45.0 Å². The number of hydrogen-bond acceptors (Lipinski definition) is 5. The second-order valence-electron chi connectivity index (χ2n) is 7.36. The van der Waals surface area contributed by atoms with Crippen molar-refractivity contribution < 1.29 is 4.79 Å². The van der Waals surface area contributed by atoms with E-state index < -0.39 is 0 Å². The van der Waals surface area contributed by atoms with Gasteiger partial charge in [0.05, 0.1) is 0 Å². The number of nitrogens with one attached hydrogen (secondary N) is 2.